The standard InChI is InChI=1S/C11H15BrFN3O/c1-11(2,5-10(15)17)16-9-4-7(13)6(12)3-8(9)14/h3-4,16H,5,14H2,1-2H3,(H2,15,17). The molecule has 1 aromatic carbocycles. The Morgan fingerprint density at radius 1 is 1.53 bits per heavy atom. The van der Waals surface area contributed by atoms with Crippen LogP contribution in [0.2, 0.25) is 0 Å². The van der Waals surface area contributed by atoms with Gasteiger partial charge in [0.25, 0.3) is 0 Å². The van der Waals surface area contributed by atoms with Gasteiger partial charge in [-0.05, 0) is 35.8 Å². The summed E-state index contributed by atoms with van der Waals surface area (Å²) in [6, 6.07) is 2.75. The first kappa shape index (κ1) is 13.8. The molecule has 0 radical (unpaired) electrons. The third-order valence-electron chi connectivity index (χ3n) is 2.18. The van der Waals surface area contributed by atoms with Crippen LogP contribution in [0.1, 0.15) is 20.3 Å². The first-order chi connectivity index (χ1) is 7.71. The number of nitrogens with two attached hydrogens (primary N) is 2. The second-order valence-electron chi connectivity index (χ2n) is 4.51. The molecule has 0 fully saturated rings. The van der Waals surface area contributed by atoms with E-state index in [9.17, 15) is 9.18 Å². The molecule has 1 rings (SSSR count). The second-order valence-corrected chi connectivity index (χ2v) is 5.36. The second kappa shape index (κ2) is 4.91. The molecule has 0 aromatic heterocycles. The number of carbonyl (C=O) groups is 1. The largest absolute Gasteiger partial charge is 0.397 e. The van der Waals surface area contributed by atoms with Gasteiger partial charge < -0.3 is 16.8 Å². The van der Waals surface area contributed by atoms with Crippen molar-refractivity contribution in [3.63, 3.8) is 0 Å². The zero-order chi connectivity index (χ0) is 13.2. The lowest BCUT2D eigenvalue weighted by atomic mass is 9.99. The molecule has 4 nitrogen and oxygen atoms in total. The van der Waals surface area contributed by atoms with Crippen LogP contribution in [0.25, 0.3) is 0 Å². The lowest BCUT2D eigenvalue weighted by Gasteiger charge is -2.27. The summed E-state index contributed by atoms with van der Waals surface area (Å²) in [7, 11) is 0. The highest BCUT2D eigenvalue weighted by atomic mass is 79.9. The van der Waals surface area contributed by atoms with Gasteiger partial charge in [0.05, 0.1) is 15.8 Å². The minimum atomic E-state index is -0.583. The predicted octanol–water partition coefficient (Wildman–Crippen LogP) is 2.24. The van der Waals surface area contributed by atoms with Crippen LogP contribution >= 0.6 is 15.9 Å². The third kappa shape index (κ3) is 3.89. The first-order valence-electron chi connectivity index (χ1n) is 5.02. The minimum Gasteiger partial charge on any atom is -0.397 e. The average Bonchev–Trinajstić information content (AvgIpc) is 2.11. The number of benzene rings is 1. The van der Waals surface area contributed by atoms with Crippen molar-refractivity contribution in [1.82, 2.24) is 0 Å². The van der Waals surface area contributed by atoms with E-state index < -0.39 is 17.3 Å². The molecular formula is C11H15BrFN3O. The molecule has 0 spiro atoms. The molecule has 0 aliphatic carbocycles. The van der Waals surface area contributed by atoms with Crippen molar-refractivity contribution in [1.29, 1.82) is 0 Å². The smallest absolute Gasteiger partial charge is 0.219 e. The lowest BCUT2D eigenvalue weighted by molar-refractivity contribution is -0.118. The van der Waals surface area contributed by atoms with Gasteiger partial charge in [0, 0.05) is 18.0 Å². The summed E-state index contributed by atoms with van der Waals surface area (Å²) < 4.78 is 13.7. The molecule has 1 amide bonds. The fourth-order valence-corrected chi connectivity index (χ4v) is 1.88. The zero-order valence-corrected chi connectivity index (χ0v) is 11.3. The van der Waals surface area contributed by atoms with Crippen LogP contribution in [-0.4, -0.2) is 11.4 Å². The number of anilines is 2. The van der Waals surface area contributed by atoms with E-state index in [1.807, 2.05) is 0 Å². The van der Waals surface area contributed by atoms with E-state index >= 15 is 0 Å². The van der Waals surface area contributed by atoms with Crippen molar-refractivity contribution in [2.75, 3.05) is 11.1 Å². The van der Waals surface area contributed by atoms with E-state index in [2.05, 4.69) is 21.2 Å². The number of nitrogen functional groups attached to an aromatic ring is 1. The summed E-state index contributed by atoms with van der Waals surface area (Å²) >= 11 is 3.04. The highest BCUT2D eigenvalue weighted by Gasteiger charge is 2.21. The fraction of sp³-hybridized carbons (Fsp3) is 0.364. The number of hydrogen-bond acceptors (Lipinski definition) is 3. The van der Waals surface area contributed by atoms with Crippen molar-refractivity contribution in [3.8, 4) is 0 Å². The maximum atomic E-state index is 13.4. The molecule has 94 valence electrons. The van der Waals surface area contributed by atoms with Crippen LogP contribution in [0.3, 0.4) is 0 Å². The molecule has 17 heavy (non-hydrogen) atoms. The Morgan fingerprint density at radius 3 is 2.65 bits per heavy atom. The maximum Gasteiger partial charge on any atom is 0.219 e. The van der Waals surface area contributed by atoms with E-state index in [1.165, 1.54) is 12.1 Å². The highest BCUT2D eigenvalue weighted by Crippen LogP contribution is 2.29. The number of amides is 1. The summed E-state index contributed by atoms with van der Waals surface area (Å²) in [6.07, 6.45) is 0.129. The van der Waals surface area contributed by atoms with Gasteiger partial charge in [-0.3, -0.25) is 4.79 Å². The molecule has 0 atom stereocenters. The molecule has 6 heteroatoms. The van der Waals surface area contributed by atoms with Gasteiger partial charge in [-0.25, -0.2) is 4.39 Å². The Morgan fingerprint density at radius 2 is 2.12 bits per heavy atom. The molecular weight excluding hydrogens is 289 g/mol. The number of halogens is 2. The summed E-state index contributed by atoms with van der Waals surface area (Å²) in [4.78, 5) is 10.9. The summed E-state index contributed by atoms with van der Waals surface area (Å²) in [5, 5.41) is 3.00. The van der Waals surface area contributed by atoms with E-state index in [0.717, 1.165) is 0 Å². The first-order valence-corrected chi connectivity index (χ1v) is 5.81. The molecule has 0 aliphatic rings. The summed E-state index contributed by atoms with van der Waals surface area (Å²) in [5.74, 6) is -0.852. The molecule has 0 saturated carbocycles. The third-order valence-corrected chi connectivity index (χ3v) is 2.79. The van der Waals surface area contributed by atoms with E-state index in [-0.39, 0.29) is 6.42 Å². The Bertz CT molecular complexity index is 449. The number of nitrogens with one attached hydrogen (secondary N) is 1. The molecule has 0 unspecified atom stereocenters. The number of rotatable bonds is 4. The normalized spacial score (nSPS) is 11.3. The lowest BCUT2D eigenvalue weighted by Crippen LogP contribution is -2.36. The van der Waals surface area contributed by atoms with Crippen LogP contribution in [-0.2, 0) is 4.79 Å². The van der Waals surface area contributed by atoms with Gasteiger partial charge in [-0.1, -0.05) is 0 Å². The molecule has 5 N–H and O–H groups in total. The van der Waals surface area contributed by atoms with Crippen LogP contribution in [0.5, 0.6) is 0 Å². The zero-order valence-electron chi connectivity index (χ0n) is 9.68. The van der Waals surface area contributed by atoms with Crippen LogP contribution in [0, 0.1) is 5.82 Å². The molecule has 1 aromatic rings. The predicted molar refractivity (Wildman–Crippen MR) is 70.0 cm³/mol. The van der Waals surface area contributed by atoms with Crippen LogP contribution in [0.4, 0.5) is 15.8 Å². The Kier molecular flexibility index (Phi) is 3.98. The SMILES string of the molecule is CC(C)(CC(N)=O)Nc1cc(F)c(Br)cc1N. The van der Waals surface area contributed by atoms with Crippen LogP contribution in [0.15, 0.2) is 16.6 Å². The van der Waals surface area contributed by atoms with Crippen LogP contribution < -0.4 is 16.8 Å². The molecule has 0 saturated heterocycles. The van der Waals surface area contributed by atoms with Gasteiger partial charge in [-0.2, -0.15) is 0 Å². The van der Waals surface area contributed by atoms with Gasteiger partial charge >= 0.3 is 0 Å². The van der Waals surface area contributed by atoms with Crippen molar-refractivity contribution in [2.45, 2.75) is 25.8 Å². The molecule has 0 aliphatic heterocycles. The minimum absolute atomic E-state index is 0.129. The van der Waals surface area contributed by atoms with E-state index in [1.54, 1.807) is 13.8 Å². The molecule has 0 bridgehead atoms. The average molecular weight is 304 g/mol. The topological polar surface area (TPSA) is 81.1 Å². The summed E-state index contributed by atoms with van der Waals surface area (Å²) in [5.41, 5.74) is 11.1. The van der Waals surface area contributed by atoms with Crippen molar-refractivity contribution in [3.05, 3.63) is 22.4 Å². The number of carbonyl (C=O) groups excluding carboxylic acids is 1. The van der Waals surface area contributed by atoms with Crippen molar-refractivity contribution < 1.29 is 9.18 Å². The quantitative estimate of drug-likeness (QED) is 0.746. The van der Waals surface area contributed by atoms with Crippen molar-refractivity contribution in [2.24, 2.45) is 5.73 Å². The maximum absolute atomic E-state index is 13.4. The summed E-state index contributed by atoms with van der Waals surface area (Å²) in [6.45, 7) is 3.58. The Labute approximate surface area is 108 Å². The van der Waals surface area contributed by atoms with Gasteiger partial charge in [0.1, 0.15) is 5.82 Å². The van der Waals surface area contributed by atoms with Gasteiger partial charge in [0.15, 0.2) is 0 Å². The van der Waals surface area contributed by atoms with Gasteiger partial charge in [0.2, 0.25) is 5.91 Å². The van der Waals surface area contributed by atoms with E-state index in [0.29, 0.717) is 15.8 Å². The van der Waals surface area contributed by atoms with E-state index in [4.69, 9.17) is 11.5 Å². The molecule has 0 heterocycles. The fourth-order valence-electron chi connectivity index (χ4n) is 1.51. The number of primary amides is 1. The van der Waals surface area contributed by atoms with Crippen molar-refractivity contribution >= 4 is 33.2 Å². The monoisotopic (exact) mass is 303 g/mol. The van der Waals surface area contributed by atoms with Gasteiger partial charge in [-0.15, -0.1) is 0 Å². The highest BCUT2D eigenvalue weighted by molar-refractivity contribution is 9.10. The number of hydrogen-bond donors (Lipinski definition) is 3. The Hall–Kier alpha value is -1.30. The Balaban J connectivity index is 2.95.